The number of rotatable bonds is 4. The van der Waals surface area contributed by atoms with Crippen LogP contribution in [0.5, 0.6) is 0 Å². The van der Waals surface area contributed by atoms with E-state index in [-0.39, 0.29) is 6.54 Å². The third-order valence-electron chi connectivity index (χ3n) is 3.52. The first-order chi connectivity index (χ1) is 11.0. The van der Waals surface area contributed by atoms with Crippen LogP contribution in [0.1, 0.15) is 31.9 Å². The average Bonchev–Trinajstić information content (AvgIpc) is 2.55. The Balaban J connectivity index is 0.00000127. The van der Waals surface area contributed by atoms with Gasteiger partial charge in [-0.25, -0.2) is 0 Å². The molecule has 1 aromatic rings. The zero-order valence-corrected chi connectivity index (χ0v) is 14.1. The Morgan fingerprint density at radius 1 is 1.43 bits per heavy atom. The molecule has 0 atom stereocenters. The van der Waals surface area contributed by atoms with E-state index in [1.54, 1.807) is 4.90 Å². The van der Waals surface area contributed by atoms with Crippen molar-refractivity contribution < 1.29 is 9.90 Å². The lowest BCUT2D eigenvalue weighted by molar-refractivity contribution is -0.135. The number of nitrogens with zero attached hydrogens (tertiary/aromatic N) is 2. The van der Waals surface area contributed by atoms with E-state index in [1.807, 2.05) is 45.0 Å². The first-order valence-electron chi connectivity index (χ1n) is 7.60. The molecule has 1 heterocycles. The molecule has 1 aliphatic heterocycles. The molecule has 0 amide bonds. The highest BCUT2D eigenvalue weighted by Crippen LogP contribution is 2.36. The van der Waals surface area contributed by atoms with Gasteiger partial charge in [0.2, 0.25) is 0 Å². The van der Waals surface area contributed by atoms with E-state index < -0.39 is 5.97 Å². The summed E-state index contributed by atoms with van der Waals surface area (Å²) in [6, 6.07) is 5.79. The molecule has 0 unspecified atom stereocenters. The Kier molecular flexibility index (Phi) is 6.51. The molecule has 1 N–H and O–H groups in total. The largest absolute Gasteiger partial charge is 0.480 e. The van der Waals surface area contributed by atoms with Gasteiger partial charge in [-0.3, -0.25) is 9.79 Å². The zero-order valence-electron chi connectivity index (χ0n) is 14.1. The number of hydrogen-bond donors (Lipinski definition) is 1. The highest BCUT2D eigenvalue weighted by molar-refractivity contribution is 5.80. The van der Waals surface area contributed by atoms with Crippen molar-refractivity contribution in [1.29, 1.82) is 0 Å². The van der Waals surface area contributed by atoms with Gasteiger partial charge in [0.05, 0.1) is 5.70 Å². The van der Waals surface area contributed by atoms with Crippen LogP contribution in [0.4, 0.5) is 5.69 Å². The van der Waals surface area contributed by atoms with Crippen molar-refractivity contribution in [3.63, 3.8) is 0 Å². The predicted molar refractivity (Wildman–Crippen MR) is 98.0 cm³/mol. The van der Waals surface area contributed by atoms with Crippen LogP contribution < -0.4 is 4.90 Å². The maximum absolute atomic E-state index is 11.2. The predicted octanol–water partition coefficient (Wildman–Crippen LogP) is 4.29. The Bertz CT molecular complexity index is 672. The van der Waals surface area contributed by atoms with E-state index in [1.165, 1.54) is 0 Å². The summed E-state index contributed by atoms with van der Waals surface area (Å²) in [4.78, 5) is 16.8. The average molecular weight is 312 g/mol. The maximum atomic E-state index is 11.2. The molecule has 1 aromatic carbocycles. The molecule has 4 nitrogen and oxygen atoms in total. The first kappa shape index (κ1) is 18.4. The number of fused-ring (bicyclic) bond motifs is 1. The van der Waals surface area contributed by atoms with Gasteiger partial charge in [0.1, 0.15) is 6.54 Å². The van der Waals surface area contributed by atoms with Crippen molar-refractivity contribution in [2.45, 2.75) is 27.2 Å². The molecule has 122 valence electrons. The van der Waals surface area contributed by atoms with Crippen LogP contribution in [0.15, 0.2) is 53.7 Å². The van der Waals surface area contributed by atoms with Gasteiger partial charge < -0.3 is 10.0 Å². The molecule has 2 rings (SSSR count). The fourth-order valence-electron chi connectivity index (χ4n) is 2.54. The first-order valence-corrected chi connectivity index (χ1v) is 7.60. The van der Waals surface area contributed by atoms with Gasteiger partial charge in [-0.15, -0.1) is 0 Å². The van der Waals surface area contributed by atoms with Crippen LogP contribution in [0.3, 0.4) is 0 Å². The van der Waals surface area contributed by atoms with Crippen LogP contribution in [0.25, 0.3) is 5.70 Å². The van der Waals surface area contributed by atoms with Crippen LogP contribution in [0, 0.1) is 0 Å². The van der Waals surface area contributed by atoms with Gasteiger partial charge in [-0.1, -0.05) is 45.2 Å². The number of carboxylic acid groups (broad SMARTS) is 1. The van der Waals surface area contributed by atoms with E-state index in [2.05, 4.69) is 24.9 Å². The monoisotopic (exact) mass is 312 g/mol. The van der Waals surface area contributed by atoms with E-state index in [9.17, 15) is 9.90 Å². The minimum absolute atomic E-state index is 0.108. The number of hydrogen-bond acceptors (Lipinski definition) is 3. The van der Waals surface area contributed by atoms with Crippen LogP contribution in [0.2, 0.25) is 0 Å². The van der Waals surface area contributed by atoms with Crippen molar-refractivity contribution in [2.75, 3.05) is 11.4 Å². The third kappa shape index (κ3) is 3.97. The van der Waals surface area contributed by atoms with E-state index in [0.29, 0.717) is 12.1 Å². The smallest absolute Gasteiger partial charge is 0.323 e. The SMILES string of the molecule is C=NC(=C)c1ccc2c(c1)N(CC(=O)O)/C(=C\C)C(=C)C2.CC. The summed E-state index contributed by atoms with van der Waals surface area (Å²) in [6.07, 6.45) is 2.60. The van der Waals surface area contributed by atoms with Crippen molar-refractivity contribution in [1.82, 2.24) is 0 Å². The quantitative estimate of drug-likeness (QED) is 0.844. The second-order valence-corrected chi connectivity index (χ2v) is 4.88. The number of benzene rings is 1. The highest BCUT2D eigenvalue weighted by atomic mass is 16.4. The fourth-order valence-corrected chi connectivity index (χ4v) is 2.54. The van der Waals surface area contributed by atoms with Gasteiger partial charge in [0.15, 0.2) is 0 Å². The summed E-state index contributed by atoms with van der Waals surface area (Å²) >= 11 is 0. The molecule has 0 bridgehead atoms. The number of aliphatic carboxylic acids is 1. The molecular weight excluding hydrogens is 288 g/mol. The van der Waals surface area contributed by atoms with E-state index in [4.69, 9.17) is 0 Å². The normalized spacial score (nSPS) is 14.7. The van der Waals surface area contributed by atoms with Gasteiger partial charge >= 0.3 is 5.97 Å². The molecule has 0 fully saturated rings. The van der Waals surface area contributed by atoms with E-state index in [0.717, 1.165) is 28.1 Å². The lowest BCUT2D eigenvalue weighted by atomic mass is 9.93. The molecule has 23 heavy (non-hydrogen) atoms. The minimum atomic E-state index is -0.888. The minimum Gasteiger partial charge on any atom is -0.480 e. The summed E-state index contributed by atoms with van der Waals surface area (Å²) < 4.78 is 0. The Labute approximate surface area is 138 Å². The molecule has 1 aliphatic rings. The standard InChI is InChI=1S/C17H18N2O2.C2H6/c1-5-15-11(2)8-14-7-6-13(12(3)18-4)9-16(14)19(15)10-17(20)21;1-2/h5-7,9H,2-4,8,10H2,1H3,(H,20,21);1-2H3/b15-5-;. The Morgan fingerprint density at radius 3 is 2.61 bits per heavy atom. The number of anilines is 1. The lowest BCUT2D eigenvalue weighted by Gasteiger charge is -2.34. The van der Waals surface area contributed by atoms with Gasteiger partial charge in [0, 0.05) is 23.4 Å². The summed E-state index contributed by atoms with van der Waals surface area (Å²) in [5.41, 5.74) is 5.08. The van der Waals surface area contributed by atoms with Crippen LogP contribution in [-0.4, -0.2) is 24.3 Å². The van der Waals surface area contributed by atoms with E-state index >= 15 is 0 Å². The summed E-state index contributed by atoms with van der Waals surface area (Å²) in [5, 5.41) is 9.17. The third-order valence-corrected chi connectivity index (χ3v) is 3.52. The van der Waals surface area contributed by atoms with Crippen molar-refractivity contribution in [2.24, 2.45) is 4.99 Å². The lowest BCUT2D eigenvalue weighted by Crippen LogP contribution is -2.33. The number of carbonyl (C=O) groups is 1. The molecule has 4 heteroatoms. The summed E-state index contributed by atoms with van der Waals surface area (Å²) in [5.74, 6) is -0.888. The number of allylic oxidation sites excluding steroid dienone is 2. The molecule has 0 aliphatic carbocycles. The van der Waals surface area contributed by atoms with Gasteiger partial charge in [-0.05, 0) is 30.8 Å². The summed E-state index contributed by atoms with van der Waals surface area (Å²) in [6.45, 7) is 17.1. The molecule has 0 saturated carbocycles. The molecule has 0 aromatic heterocycles. The van der Waals surface area contributed by atoms with Crippen molar-refractivity contribution >= 4 is 24.1 Å². The zero-order chi connectivity index (χ0) is 17.6. The van der Waals surface area contributed by atoms with Gasteiger partial charge in [0.25, 0.3) is 0 Å². The Hall–Kier alpha value is -2.62. The topological polar surface area (TPSA) is 52.9 Å². The summed E-state index contributed by atoms with van der Waals surface area (Å²) in [7, 11) is 0. The molecular formula is C19H24N2O2. The van der Waals surface area contributed by atoms with Gasteiger partial charge in [-0.2, -0.15) is 0 Å². The van der Waals surface area contributed by atoms with Crippen LogP contribution >= 0.6 is 0 Å². The molecule has 0 saturated heterocycles. The number of carboxylic acids is 1. The Morgan fingerprint density at radius 2 is 2.09 bits per heavy atom. The van der Waals surface area contributed by atoms with Crippen molar-refractivity contribution in [3.05, 3.63) is 59.8 Å². The molecule has 0 spiro atoms. The highest BCUT2D eigenvalue weighted by Gasteiger charge is 2.25. The van der Waals surface area contributed by atoms with Crippen molar-refractivity contribution in [3.8, 4) is 0 Å². The second kappa shape index (κ2) is 8.13. The molecule has 0 radical (unpaired) electrons. The second-order valence-electron chi connectivity index (χ2n) is 4.88. The van der Waals surface area contributed by atoms with Crippen LogP contribution in [-0.2, 0) is 11.2 Å². The fraction of sp³-hybridized carbons (Fsp3) is 0.263. The maximum Gasteiger partial charge on any atom is 0.323 e. The number of aliphatic imine (C=N–C) groups is 1.